The highest BCUT2D eigenvalue weighted by molar-refractivity contribution is 6.00. The lowest BCUT2D eigenvalue weighted by atomic mass is 9.78. The van der Waals surface area contributed by atoms with E-state index >= 15 is 0 Å². The number of carbonyl (C=O) groups is 1. The largest absolute Gasteiger partial charge is 0.384 e. The number of halogens is 2. The number of nitrogens with zero attached hydrogens (tertiary/aromatic N) is 1. The average Bonchev–Trinajstić information content (AvgIpc) is 3.22. The lowest BCUT2D eigenvalue weighted by Gasteiger charge is -2.39. The van der Waals surface area contributed by atoms with Gasteiger partial charge < -0.3 is 15.0 Å². The van der Waals surface area contributed by atoms with Gasteiger partial charge in [0, 0.05) is 24.6 Å². The first kappa shape index (κ1) is 19.6. The summed E-state index contributed by atoms with van der Waals surface area (Å²) in [5.41, 5.74) is 0.897. The molecule has 1 amide bonds. The number of hydrogen-bond donors (Lipinski definition) is 1. The van der Waals surface area contributed by atoms with Gasteiger partial charge in [0.1, 0.15) is 5.82 Å². The van der Waals surface area contributed by atoms with Crippen LogP contribution in [0.15, 0.2) is 18.2 Å². The minimum absolute atomic E-state index is 0. The Morgan fingerprint density at radius 1 is 1.23 bits per heavy atom. The molecule has 4 rings (SSSR count). The zero-order valence-corrected chi connectivity index (χ0v) is 16.2. The van der Waals surface area contributed by atoms with Gasteiger partial charge in [-0.3, -0.25) is 4.79 Å². The van der Waals surface area contributed by atoms with Gasteiger partial charge in [0.25, 0.3) is 0 Å². The molecule has 1 spiro atoms. The molecule has 1 aromatic rings. The van der Waals surface area contributed by atoms with Crippen LogP contribution in [-0.2, 0) is 14.9 Å². The Hall–Kier alpha value is -1.17. The third-order valence-electron chi connectivity index (χ3n) is 6.51. The second-order valence-electron chi connectivity index (χ2n) is 7.98. The lowest BCUT2D eigenvalue weighted by molar-refractivity contribution is -0.133. The van der Waals surface area contributed by atoms with E-state index in [2.05, 4.69) is 5.32 Å². The summed E-state index contributed by atoms with van der Waals surface area (Å²) in [4.78, 5) is 15.5. The molecular formula is C20H28ClFN2O2. The van der Waals surface area contributed by atoms with Gasteiger partial charge in [-0.1, -0.05) is 18.9 Å². The van der Waals surface area contributed by atoms with E-state index in [0.717, 1.165) is 62.9 Å². The molecule has 1 aromatic carbocycles. The highest BCUT2D eigenvalue weighted by atomic mass is 35.5. The topological polar surface area (TPSA) is 41.6 Å². The summed E-state index contributed by atoms with van der Waals surface area (Å²) >= 11 is 0. The Balaban J connectivity index is 0.00000196. The van der Waals surface area contributed by atoms with Gasteiger partial charge in [-0.2, -0.15) is 0 Å². The molecular weight excluding hydrogens is 355 g/mol. The second kappa shape index (κ2) is 7.45. The predicted molar refractivity (Wildman–Crippen MR) is 103 cm³/mol. The van der Waals surface area contributed by atoms with Crippen molar-refractivity contribution in [2.24, 2.45) is 5.41 Å². The van der Waals surface area contributed by atoms with E-state index in [-0.39, 0.29) is 29.5 Å². The molecule has 2 aliphatic heterocycles. The number of methoxy groups -OCH3 is 1. The first-order valence-corrected chi connectivity index (χ1v) is 9.43. The van der Waals surface area contributed by atoms with E-state index < -0.39 is 5.41 Å². The number of benzene rings is 1. The minimum Gasteiger partial charge on any atom is -0.384 e. The molecule has 2 fully saturated rings. The molecule has 0 atom stereocenters. The van der Waals surface area contributed by atoms with Gasteiger partial charge in [-0.15, -0.1) is 12.4 Å². The number of fused-ring (bicyclic) bond motifs is 2. The molecule has 0 radical (unpaired) electrons. The van der Waals surface area contributed by atoms with Gasteiger partial charge in [-0.05, 0) is 50.9 Å². The maximum atomic E-state index is 14.7. The number of piperidine rings is 1. The van der Waals surface area contributed by atoms with Crippen LogP contribution < -0.4 is 10.2 Å². The number of carbonyl (C=O) groups excluding carboxylic acids is 1. The summed E-state index contributed by atoms with van der Waals surface area (Å²) in [6.45, 7) is 2.71. The molecule has 4 nitrogen and oxygen atoms in total. The number of hydrogen-bond acceptors (Lipinski definition) is 3. The summed E-state index contributed by atoms with van der Waals surface area (Å²) in [6, 6.07) is 5.20. The smallest absolute Gasteiger partial charge is 0.235 e. The first-order chi connectivity index (χ1) is 12.1. The van der Waals surface area contributed by atoms with Crippen LogP contribution in [0.1, 0.15) is 44.1 Å². The van der Waals surface area contributed by atoms with Crippen molar-refractivity contribution in [3.05, 3.63) is 29.6 Å². The average molecular weight is 383 g/mol. The summed E-state index contributed by atoms with van der Waals surface area (Å²) in [5.74, 6) is -0.0349. The van der Waals surface area contributed by atoms with Gasteiger partial charge in [0.05, 0.1) is 17.7 Å². The van der Waals surface area contributed by atoms with Gasteiger partial charge in [0.2, 0.25) is 5.91 Å². The molecule has 1 saturated carbocycles. The fourth-order valence-electron chi connectivity index (χ4n) is 5.26. The van der Waals surface area contributed by atoms with Gasteiger partial charge in [0.15, 0.2) is 0 Å². The fraction of sp³-hybridized carbons (Fsp3) is 0.650. The van der Waals surface area contributed by atoms with Crippen LogP contribution in [-0.4, -0.2) is 39.3 Å². The van der Waals surface area contributed by atoms with E-state index in [0.29, 0.717) is 13.2 Å². The highest BCUT2D eigenvalue weighted by Gasteiger charge is 2.52. The van der Waals surface area contributed by atoms with E-state index in [4.69, 9.17) is 4.74 Å². The molecule has 26 heavy (non-hydrogen) atoms. The number of anilines is 1. The van der Waals surface area contributed by atoms with Crippen LogP contribution in [0, 0.1) is 11.2 Å². The van der Waals surface area contributed by atoms with Crippen LogP contribution in [0.3, 0.4) is 0 Å². The first-order valence-electron chi connectivity index (χ1n) is 9.43. The Morgan fingerprint density at radius 2 is 1.92 bits per heavy atom. The van der Waals surface area contributed by atoms with E-state index in [9.17, 15) is 9.18 Å². The normalized spacial score (nSPS) is 22.9. The Bertz CT molecular complexity index is 664. The third-order valence-corrected chi connectivity index (χ3v) is 6.51. The fourth-order valence-corrected chi connectivity index (χ4v) is 5.26. The van der Waals surface area contributed by atoms with Crippen molar-refractivity contribution >= 4 is 24.0 Å². The molecule has 2 heterocycles. The molecule has 1 N–H and O–H groups in total. The highest BCUT2D eigenvalue weighted by Crippen LogP contribution is 2.52. The molecule has 0 bridgehead atoms. The van der Waals surface area contributed by atoms with Crippen LogP contribution in [0.25, 0.3) is 0 Å². The van der Waals surface area contributed by atoms with Crippen LogP contribution >= 0.6 is 12.4 Å². The number of rotatable bonds is 3. The van der Waals surface area contributed by atoms with Crippen LogP contribution in [0.2, 0.25) is 0 Å². The van der Waals surface area contributed by atoms with Crippen molar-refractivity contribution in [2.45, 2.75) is 43.9 Å². The molecule has 1 aliphatic carbocycles. The molecule has 6 heteroatoms. The van der Waals surface area contributed by atoms with Crippen molar-refractivity contribution in [3.8, 4) is 0 Å². The van der Waals surface area contributed by atoms with Crippen molar-refractivity contribution in [1.82, 2.24) is 5.32 Å². The third kappa shape index (κ3) is 2.94. The molecule has 3 aliphatic rings. The molecule has 0 unspecified atom stereocenters. The number of ether oxygens (including phenoxy) is 1. The number of amides is 1. The second-order valence-corrected chi connectivity index (χ2v) is 7.98. The van der Waals surface area contributed by atoms with Crippen LogP contribution in [0.5, 0.6) is 0 Å². The van der Waals surface area contributed by atoms with E-state index in [1.54, 1.807) is 19.2 Å². The van der Waals surface area contributed by atoms with Crippen LogP contribution in [0.4, 0.5) is 10.1 Å². The van der Waals surface area contributed by atoms with Crippen molar-refractivity contribution in [1.29, 1.82) is 0 Å². The maximum absolute atomic E-state index is 14.7. The summed E-state index contributed by atoms with van der Waals surface area (Å²) in [5, 5.41) is 3.33. The monoisotopic (exact) mass is 382 g/mol. The van der Waals surface area contributed by atoms with Crippen molar-refractivity contribution in [3.63, 3.8) is 0 Å². The Morgan fingerprint density at radius 3 is 2.58 bits per heavy atom. The summed E-state index contributed by atoms with van der Waals surface area (Å²) < 4.78 is 20.2. The standard InChI is InChI=1S/C20H27FN2O2.ClH/c1-25-14-20(9-11-22-12-10-20)18(24)23-13-19(7-2-3-8-19)17-15(21)5-4-6-16(17)23;/h4-6,22H,2-3,7-14H2,1H3;1H. The SMILES string of the molecule is COCC1(C(=O)N2CC3(CCCC3)c3c(F)cccc32)CCNCC1.Cl. The predicted octanol–water partition coefficient (Wildman–Crippen LogP) is 3.42. The molecule has 0 aromatic heterocycles. The summed E-state index contributed by atoms with van der Waals surface area (Å²) in [7, 11) is 1.66. The van der Waals surface area contributed by atoms with Gasteiger partial charge in [-0.25, -0.2) is 4.39 Å². The molecule has 1 saturated heterocycles. The zero-order chi connectivity index (χ0) is 17.5. The summed E-state index contributed by atoms with van der Waals surface area (Å²) in [6.07, 6.45) is 5.72. The Labute approximate surface area is 160 Å². The van der Waals surface area contributed by atoms with E-state index in [1.807, 2.05) is 11.0 Å². The van der Waals surface area contributed by atoms with Crippen molar-refractivity contribution in [2.75, 3.05) is 38.3 Å². The quantitative estimate of drug-likeness (QED) is 0.870. The Kier molecular flexibility index (Phi) is 5.61. The van der Waals surface area contributed by atoms with Crippen molar-refractivity contribution < 1.29 is 13.9 Å². The number of nitrogens with one attached hydrogen (secondary N) is 1. The zero-order valence-electron chi connectivity index (χ0n) is 15.4. The minimum atomic E-state index is -0.492. The molecule has 144 valence electrons. The lowest BCUT2D eigenvalue weighted by Crippen LogP contribution is -2.52. The maximum Gasteiger partial charge on any atom is 0.235 e. The van der Waals surface area contributed by atoms with E-state index in [1.165, 1.54) is 0 Å². The van der Waals surface area contributed by atoms with Gasteiger partial charge >= 0.3 is 0 Å².